The van der Waals surface area contributed by atoms with E-state index in [0.717, 1.165) is 16.3 Å². The van der Waals surface area contributed by atoms with E-state index in [0.29, 0.717) is 19.8 Å². The molecule has 0 fully saturated rings. The zero-order valence-corrected chi connectivity index (χ0v) is 12.3. The Labute approximate surface area is 124 Å². The van der Waals surface area contributed by atoms with Gasteiger partial charge in [-0.2, -0.15) is 0 Å². The Hall–Kier alpha value is -1.98. The Morgan fingerprint density at radius 1 is 1.33 bits per heavy atom. The number of fused-ring (bicyclic) bond motifs is 1. The van der Waals surface area contributed by atoms with Crippen molar-refractivity contribution in [1.29, 1.82) is 0 Å². The van der Waals surface area contributed by atoms with Crippen LogP contribution in [0.2, 0.25) is 0 Å². The van der Waals surface area contributed by atoms with Crippen molar-refractivity contribution >= 4 is 16.7 Å². The first kappa shape index (κ1) is 15.4. The lowest BCUT2D eigenvalue weighted by Gasteiger charge is -2.18. The van der Waals surface area contributed by atoms with Crippen molar-refractivity contribution in [3.63, 3.8) is 0 Å². The third-order valence-corrected chi connectivity index (χ3v) is 3.19. The fourth-order valence-corrected chi connectivity index (χ4v) is 2.22. The number of methoxy groups -OCH3 is 1. The minimum Gasteiger partial charge on any atom is -0.465 e. The van der Waals surface area contributed by atoms with Crippen molar-refractivity contribution in [2.45, 2.75) is 13.0 Å². The normalized spacial score (nSPS) is 12.3. The number of pyridine rings is 1. The summed E-state index contributed by atoms with van der Waals surface area (Å²) in [7, 11) is 1.63. The van der Waals surface area contributed by atoms with Crippen LogP contribution >= 0.6 is 0 Å². The highest BCUT2D eigenvalue weighted by molar-refractivity contribution is 5.90. The number of carbonyl (C=O) groups is 1. The molecule has 2 rings (SSSR count). The van der Waals surface area contributed by atoms with Gasteiger partial charge in [0.05, 0.1) is 13.2 Å². The maximum absolute atomic E-state index is 12.2. The molecule has 0 aliphatic heterocycles. The van der Waals surface area contributed by atoms with Crippen LogP contribution in [-0.4, -0.2) is 37.8 Å². The second-order valence-electron chi connectivity index (χ2n) is 4.58. The highest BCUT2D eigenvalue weighted by Crippen LogP contribution is 2.24. The lowest BCUT2D eigenvalue weighted by molar-refractivity contribution is -0.145. The van der Waals surface area contributed by atoms with Crippen LogP contribution in [0, 0.1) is 0 Å². The first-order chi connectivity index (χ1) is 10.3. The Morgan fingerprint density at radius 2 is 2.14 bits per heavy atom. The highest BCUT2D eigenvalue weighted by Gasteiger charge is 2.23. The van der Waals surface area contributed by atoms with Gasteiger partial charge < -0.3 is 9.47 Å². The summed E-state index contributed by atoms with van der Waals surface area (Å²) in [6, 6.07) is 7.31. The highest BCUT2D eigenvalue weighted by atomic mass is 16.5. The van der Waals surface area contributed by atoms with Gasteiger partial charge in [0.25, 0.3) is 0 Å². The van der Waals surface area contributed by atoms with E-state index < -0.39 is 6.04 Å². The summed E-state index contributed by atoms with van der Waals surface area (Å²) in [5.41, 5.74) is 0.822. The first-order valence-electron chi connectivity index (χ1n) is 6.99. The van der Waals surface area contributed by atoms with Crippen LogP contribution < -0.4 is 5.32 Å². The van der Waals surface area contributed by atoms with Gasteiger partial charge in [0, 0.05) is 37.0 Å². The molecule has 1 heterocycles. The summed E-state index contributed by atoms with van der Waals surface area (Å²) >= 11 is 0. The van der Waals surface area contributed by atoms with Crippen LogP contribution in [0.25, 0.3) is 10.8 Å². The van der Waals surface area contributed by atoms with Gasteiger partial charge >= 0.3 is 5.97 Å². The van der Waals surface area contributed by atoms with Crippen molar-refractivity contribution in [3.8, 4) is 0 Å². The molecule has 0 aliphatic rings. The largest absolute Gasteiger partial charge is 0.465 e. The fourth-order valence-electron chi connectivity index (χ4n) is 2.22. The molecule has 21 heavy (non-hydrogen) atoms. The molecule has 0 aliphatic carbocycles. The maximum Gasteiger partial charge on any atom is 0.327 e. The van der Waals surface area contributed by atoms with E-state index in [1.165, 1.54) is 0 Å². The summed E-state index contributed by atoms with van der Waals surface area (Å²) in [4.78, 5) is 16.5. The first-order valence-corrected chi connectivity index (χ1v) is 6.99. The second-order valence-corrected chi connectivity index (χ2v) is 4.58. The van der Waals surface area contributed by atoms with E-state index in [2.05, 4.69) is 10.3 Å². The molecule has 112 valence electrons. The molecule has 5 heteroatoms. The SMILES string of the molecule is CCOC(=O)C(NCCOC)c1cncc2ccccc12. The number of hydrogen-bond acceptors (Lipinski definition) is 5. The van der Waals surface area contributed by atoms with Crippen molar-refractivity contribution in [3.05, 3.63) is 42.2 Å². The number of benzene rings is 1. The molecule has 1 aromatic carbocycles. The Bertz CT molecular complexity index is 596. The number of rotatable bonds is 7. The standard InChI is InChI=1S/C16H20N2O3/c1-3-21-16(19)15(18-8-9-20-2)14-11-17-10-12-6-4-5-7-13(12)14/h4-7,10-11,15,18H,3,8-9H2,1-2H3. The number of hydrogen-bond donors (Lipinski definition) is 1. The van der Waals surface area contributed by atoms with Crippen LogP contribution in [0.5, 0.6) is 0 Å². The Balaban J connectivity index is 2.35. The van der Waals surface area contributed by atoms with Crippen molar-refractivity contribution in [1.82, 2.24) is 10.3 Å². The van der Waals surface area contributed by atoms with Crippen LogP contribution in [0.4, 0.5) is 0 Å². The molecular formula is C16H20N2O3. The van der Waals surface area contributed by atoms with Crippen molar-refractivity contribution in [2.75, 3.05) is 26.9 Å². The molecule has 0 radical (unpaired) electrons. The zero-order chi connectivity index (χ0) is 15.1. The third-order valence-electron chi connectivity index (χ3n) is 3.19. The molecule has 1 unspecified atom stereocenters. The number of aromatic nitrogens is 1. The Morgan fingerprint density at radius 3 is 2.90 bits per heavy atom. The smallest absolute Gasteiger partial charge is 0.327 e. The molecule has 1 aromatic heterocycles. The molecule has 1 atom stereocenters. The van der Waals surface area contributed by atoms with E-state index in [4.69, 9.17) is 9.47 Å². The van der Waals surface area contributed by atoms with E-state index in [9.17, 15) is 4.79 Å². The molecule has 0 amide bonds. The molecule has 2 aromatic rings. The fraction of sp³-hybridized carbons (Fsp3) is 0.375. The molecule has 0 spiro atoms. The van der Waals surface area contributed by atoms with E-state index in [1.807, 2.05) is 24.3 Å². The lowest BCUT2D eigenvalue weighted by atomic mass is 10.0. The van der Waals surface area contributed by atoms with Gasteiger partial charge in [-0.1, -0.05) is 24.3 Å². The molecule has 0 saturated carbocycles. The van der Waals surface area contributed by atoms with Crippen LogP contribution in [0.15, 0.2) is 36.7 Å². The number of ether oxygens (including phenoxy) is 2. The average Bonchev–Trinajstić information content (AvgIpc) is 2.51. The third kappa shape index (κ3) is 3.77. The number of carbonyl (C=O) groups excluding carboxylic acids is 1. The van der Waals surface area contributed by atoms with Gasteiger partial charge in [-0.05, 0) is 12.3 Å². The molecule has 0 saturated heterocycles. The minimum absolute atomic E-state index is 0.299. The monoisotopic (exact) mass is 288 g/mol. The zero-order valence-electron chi connectivity index (χ0n) is 12.3. The number of esters is 1. The van der Waals surface area contributed by atoms with E-state index in [1.54, 1.807) is 26.4 Å². The summed E-state index contributed by atoms with van der Waals surface area (Å²) in [5.74, 6) is -0.299. The van der Waals surface area contributed by atoms with Gasteiger partial charge in [0.2, 0.25) is 0 Å². The van der Waals surface area contributed by atoms with Gasteiger partial charge in [-0.25, -0.2) is 4.79 Å². The van der Waals surface area contributed by atoms with E-state index in [-0.39, 0.29) is 5.97 Å². The lowest BCUT2D eigenvalue weighted by Crippen LogP contribution is -2.32. The van der Waals surface area contributed by atoms with Gasteiger partial charge in [-0.15, -0.1) is 0 Å². The molecular weight excluding hydrogens is 268 g/mol. The van der Waals surface area contributed by atoms with Crippen molar-refractivity contribution < 1.29 is 14.3 Å². The second kappa shape index (κ2) is 7.71. The minimum atomic E-state index is -0.543. The summed E-state index contributed by atoms with van der Waals surface area (Å²) in [6.07, 6.45) is 3.50. The quantitative estimate of drug-likeness (QED) is 0.624. The molecule has 5 nitrogen and oxygen atoms in total. The summed E-state index contributed by atoms with van der Waals surface area (Å²) in [6.45, 7) is 3.22. The number of nitrogens with zero attached hydrogens (tertiary/aromatic N) is 1. The van der Waals surface area contributed by atoms with E-state index >= 15 is 0 Å². The van der Waals surface area contributed by atoms with Crippen molar-refractivity contribution in [2.24, 2.45) is 0 Å². The summed E-state index contributed by atoms with van der Waals surface area (Å²) < 4.78 is 10.2. The Kier molecular flexibility index (Phi) is 5.66. The molecule has 1 N–H and O–H groups in total. The summed E-state index contributed by atoms with van der Waals surface area (Å²) in [5, 5.41) is 5.17. The topological polar surface area (TPSA) is 60.5 Å². The predicted molar refractivity (Wildman–Crippen MR) is 81.0 cm³/mol. The average molecular weight is 288 g/mol. The molecule has 0 bridgehead atoms. The number of nitrogens with one attached hydrogen (secondary N) is 1. The van der Waals surface area contributed by atoms with Crippen LogP contribution in [0.3, 0.4) is 0 Å². The van der Waals surface area contributed by atoms with Gasteiger partial charge in [0.1, 0.15) is 6.04 Å². The van der Waals surface area contributed by atoms with Gasteiger partial charge in [0.15, 0.2) is 0 Å². The van der Waals surface area contributed by atoms with Crippen LogP contribution in [-0.2, 0) is 14.3 Å². The predicted octanol–water partition coefficient (Wildman–Crippen LogP) is 2.07. The maximum atomic E-state index is 12.2. The van der Waals surface area contributed by atoms with Gasteiger partial charge in [-0.3, -0.25) is 10.3 Å². The van der Waals surface area contributed by atoms with Crippen LogP contribution in [0.1, 0.15) is 18.5 Å².